The maximum absolute atomic E-state index is 5.61. The second-order valence-corrected chi connectivity index (χ2v) is 5.10. The summed E-state index contributed by atoms with van der Waals surface area (Å²) in [5.41, 5.74) is 9.84. The van der Waals surface area contributed by atoms with E-state index in [4.69, 9.17) is 5.73 Å². The zero-order valence-electron chi connectivity index (χ0n) is 10.8. The van der Waals surface area contributed by atoms with Crippen LogP contribution in [0.5, 0.6) is 0 Å². The van der Waals surface area contributed by atoms with Gasteiger partial charge in [-0.1, -0.05) is 0 Å². The van der Waals surface area contributed by atoms with Crippen molar-refractivity contribution in [3.8, 4) is 0 Å². The molecule has 2 heterocycles. The molecule has 0 atom stereocenters. The van der Waals surface area contributed by atoms with Gasteiger partial charge in [-0.2, -0.15) is 0 Å². The molecule has 2 aromatic heterocycles. The Balaban J connectivity index is 2.28. The molecule has 0 aliphatic rings. The molecule has 0 saturated carbocycles. The largest absolute Gasteiger partial charge is 0.326 e. The minimum Gasteiger partial charge on any atom is -0.326 e. The van der Waals surface area contributed by atoms with Crippen LogP contribution in [0.2, 0.25) is 0 Å². The lowest BCUT2D eigenvalue weighted by Gasteiger charge is -2.06. The maximum Gasteiger partial charge on any atom is 0.194 e. The topological polar surface area (TPSA) is 64.7 Å². The average Bonchev–Trinajstić information content (AvgIpc) is 2.36. The Kier molecular flexibility index (Phi) is 3.93. The van der Waals surface area contributed by atoms with E-state index < -0.39 is 0 Å². The van der Waals surface area contributed by atoms with Crippen molar-refractivity contribution < 1.29 is 0 Å². The van der Waals surface area contributed by atoms with E-state index in [-0.39, 0.29) is 0 Å². The number of rotatable bonds is 3. The zero-order valence-corrected chi connectivity index (χ0v) is 11.6. The molecule has 0 aromatic carbocycles. The first-order valence-corrected chi connectivity index (χ1v) is 6.56. The summed E-state index contributed by atoms with van der Waals surface area (Å²) in [4.78, 5) is 13.2. The number of pyridine rings is 1. The van der Waals surface area contributed by atoms with Crippen molar-refractivity contribution in [3.05, 3.63) is 40.8 Å². The molecule has 0 unspecified atom stereocenters. The van der Waals surface area contributed by atoms with Gasteiger partial charge in [-0.3, -0.25) is 0 Å². The van der Waals surface area contributed by atoms with Crippen molar-refractivity contribution in [1.82, 2.24) is 15.0 Å². The number of hydrogen-bond donors (Lipinski definition) is 1. The van der Waals surface area contributed by atoms with Gasteiger partial charge in [0.15, 0.2) is 5.16 Å². The van der Waals surface area contributed by atoms with Crippen molar-refractivity contribution in [2.24, 2.45) is 5.73 Å². The minimum atomic E-state index is 0.517. The monoisotopic (exact) mass is 260 g/mol. The van der Waals surface area contributed by atoms with E-state index in [0.29, 0.717) is 6.54 Å². The summed E-state index contributed by atoms with van der Waals surface area (Å²) in [6, 6.07) is 3.88. The third-order valence-electron chi connectivity index (χ3n) is 2.84. The minimum absolute atomic E-state index is 0.517. The van der Waals surface area contributed by atoms with Crippen molar-refractivity contribution in [2.75, 3.05) is 0 Å². The third-order valence-corrected chi connectivity index (χ3v) is 3.64. The molecule has 0 aliphatic carbocycles. The molecule has 0 amide bonds. The highest BCUT2D eigenvalue weighted by atomic mass is 32.2. The average molecular weight is 260 g/mol. The SMILES string of the molecule is Cc1nc(Sc2cc(CN)ccn2)nc(C)c1C. The first-order valence-electron chi connectivity index (χ1n) is 5.75. The Hall–Kier alpha value is -1.46. The van der Waals surface area contributed by atoms with Gasteiger partial charge in [-0.25, -0.2) is 15.0 Å². The predicted octanol–water partition coefficient (Wildman–Crippen LogP) is 2.41. The van der Waals surface area contributed by atoms with Gasteiger partial charge in [-0.15, -0.1) is 0 Å². The second-order valence-electron chi connectivity index (χ2n) is 4.11. The third kappa shape index (κ3) is 2.86. The lowest BCUT2D eigenvalue weighted by molar-refractivity contribution is 0.877. The second kappa shape index (κ2) is 5.46. The lowest BCUT2D eigenvalue weighted by atomic mass is 10.2. The van der Waals surface area contributed by atoms with Crippen LogP contribution in [0.3, 0.4) is 0 Å². The molecule has 94 valence electrons. The fourth-order valence-electron chi connectivity index (χ4n) is 1.51. The molecule has 0 spiro atoms. The van der Waals surface area contributed by atoms with Gasteiger partial charge in [-0.05, 0) is 55.8 Å². The standard InChI is InChI=1S/C13H16N4S/c1-8-9(2)16-13(17-10(8)3)18-12-6-11(7-14)4-5-15-12/h4-6H,7,14H2,1-3H3. The summed E-state index contributed by atoms with van der Waals surface area (Å²) in [5.74, 6) is 0. The van der Waals surface area contributed by atoms with E-state index in [1.165, 1.54) is 11.8 Å². The zero-order chi connectivity index (χ0) is 13.1. The van der Waals surface area contributed by atoms with Crippen LogP contribution in [0.15, 0.2) is 28.5 Å². The molecule has 2 aromatic rings. The van der Waals surface area contributed by atoms with Crippen LogP contribution >= 0.6 is 11.8 Å². The molecular formula is C13H16N4S. The fourth-order valence-corrected chi connectivity index (χ4v) is 2.39. The molecule has 0 aliphatic heterocycles. The molecule has 2 N–H and O–H groups in total. The van der Waals surface area contributed by atoms with Gasteiger partial charge in [0.1, 0.15) is 5.03 Å². The number of hydrogen-bond acceptors (Lipinski definition) is 5. The number of nitrogens with two attached hydrogens (primary N) is 1. The quantitative estimate of drug-likeness (QED) is 0.858. The Morgan fingerprint density at radius 2 is 1.83 bits per heavy atom. The molecule has 0 saturated heterocycles. The number of aromatic nitrogens is 3. The normalized spacial score (nSPS) is 10.7. The van der Waals surface area contributed by atoms with E-state index in [1.807, 2.05) is 32.9 Å². The summed E-state index contributed by atoms with van der Waals surface area (Å²) in [7, 11) is 0. The summed E-state index contributed by atoms with van der Waals surface area (Å²) in [6.07, 6.45) is 1.76. The Morgan fingerprint density at radius 1 is 1.17 bits per heavy atom. The molecule has 4 nitrogen and oxygen atoms in total. The molecule has 2 rings (SSSR count). The first-order chi connectivity index (χ1) is 8.60. The van der Waals surface area contributed by atoms with Crippen molar-refractivity contribution >= 4 is 11.8 Å². The van der Waals surface area contributed by atoms with Crippen LogP contribution in [0, 0.1) is 20.8 Å². The van der Waals surface area contributed by atoms with Gasteiger partial charge in [0, 0.05) is 24.1 Å². The lowest BCUT2D eigenvalue weighted by Crippen LogP contribution is -1.99. The van der Waals surface area contributed by atoms with E-state index in [0.717, 1.165) is 32.7 Å². The van der Waals surface area contributed by atoms with Gasteiger partial charge < -0.3 is 5.73 Å². The molecule has 0 radical (unpaired) electrons. The van der Waals surface area contributed by atoms with Crippen LogP contribution < -0.4 is 5.73 Å². The molecular weight excluding hydrogens is 244 g/mol. The van der Waals surface area contributed by atoms with E-state index in [1.54, 1.807) is 6.20 Å². The Labute approximate surface area is 111 Å². The van der Waals surface area contributed by atoms with Gasteiger partial charge in [0.05, 0.1) is 0 Å². The number of aryl methyl sites for hydroxylation is 2. The van der Waals surface area contributed by atoms with Crippen molar-refractivity contribution in [1.29, 1.82) is 0 Å². The van der Waals surface area contributed by atoms with E-state index in [9.17, 15) is 0 Å². The smallest absolute Gasteiger partial charge is 0.194 e. The van der Waals surface area contributed by atoms with Gasteiger partial charge in [0.25, 0.3) is 0 Å². The maximum atomic E-state index is 5.61. The fraction of sp³-hybridized carbons (Fsp3) is 0.308. The van der Waals surface area contributed by atoms with Crippen LogP contribution in [-0.4, -0.2) is 15.0 Å². The van der Waals surface area contributed by atoms with Crippen LogP contribution in [0.25, 0.3) is 0 Å². The molecule has 0 fully saturated rings. The van der Waals surface area contributed by atoms with Gasteiger partial charge >= 0.3 is 0 Å². The van der Waals surface area contributed by atoms with Crippen LogP contribution in [0.1, 0.15) is 22.5 Å². The Morgan fingerprint density at radius 3 is 2.44 bits per heavy atom. The van der Waals surface area contributed by atoms with Crippen molar-refractivity contribution in [3.63, 3.8) is 0 Å². The van der Waals surface area contributed by atoms with E-state index in [2.05, 4.69) is 15.0 Å². The van der Waals surface area contributed by atoms with E-state index >= 15 is 0 Å². The summed E-state index contributed by atoms with van der Waals surface area (Å²) in [6.45, 7) is 6.55. The van der Waals surface area contributed by atoms with Crippen LogP contribution in [-0.2, 0) is 6.54 Å². The number of nitrogens with zero attached hydrogens (tertiary/aromatic N) is 3. The Bertz CT molecular complexity index is 546. The first kappa shape index (κ1) is 13.0. The highest BCUT2D eigenvalue weighted by molar-refractivity contribution is 7.99. The predicted molar refractivity (Wildman–Crippen MR) is 72.5 cm³/mol. The van der Waals surface area contributed by atoms with Crippen molar-refractivity contribution in [2.45, 2.75) is 37.5 Å². The highest BCUT2D eigenvalue weighted by Crippen LogP contribution is 2.24. The summed E-state index contributed by atoms with van der Waals surface area (Å²) >= 11 is 1.47. The molecule has 5 heteroatoms. The molecule has 18 heavy (non-hydrogen) atoms. The van der Waals surface area contributed by atoms with Gasteiger partial charge in [0.2, 0.25) is 0 Å². The highest BCUT2D eigenvalue weighted by Gasteiger charge is 2.07. The van der Waals surface area contributed by atoms with Crippen LogP contribution in [0.4, 0.5) is 0 Å². The summed E-state index contributed by atoms with van der Waals surface area (Å²) < 4.78 is 0. The molecule has 0 bridgehead atoms. The summed E-state index contributed by atoms with van der Waals surface area (Å²) in [5, 5.41) is 1.61.